The number of hydrogen-bond donors (Lipinski definition) is 0. The van der Waals surface area contributed by atoms with Crippen molar-refractivity contribution in [2.45, 2.75) is 12.8 Å². The third-order valence-electron chi connectivity index (χ3n) is 2.58. The van der Waals surface area contributed by atoms with E-state index in [-0.39, 0.29) is 32.7 Å². The first-order valence-electron chi connectivity index (χ1n) is 5.39. The summed E-state index contributed by atoms with van der Waals surface area (Å²) in [7, 11) is 0. The monoisotopic (exact) mass is 298 g/mol. The normalized spacial score (nSPS) is 9.41. The van der Waals surface area contributed by atoms with Crippen LogP contribution in [-0.4, -0.2) is 6.29 Å². The zero-order valence-electron chi connectivity index (χ0n) is 9.60. The van der Waals surface area contributed by atoms with E-state index < -0.39 is 0 Å². The van der Waals surface area contributed by atoms with Gasteiger partial charge in [0.05, 0.1) is 0 Å². The molecule has 0 aliphatic carbocycles. The van der Waals surface area contributed by atoms with Crippen LogP contribution in [0.25, 0.3) is 11.1 Å². The third-order valence-corrected chi connectivity index (χ3v) is 2.58. The van der Waals surface area contributed by atoms with Crippen LogP contribution in [0.5, 0.6) is 0 Å². The molecule has 0 aliphatic rings. The Balaban J connectivity index is 0.00000144. The van der Waals surface area contributed by atoms with E-state index in [0.29, 0.717) is 6.42 Å². The van der Waals surface area contributed by atoms with Crippen molar-refractivity contribution >= 4 is 6.29 Å². The van der Waals surface area contributed by atoms with Gasteiger partial charge in [0, 0.05) is 32.7 Å². The predicted molar refractivity (Wildman–Crippen MR) is 65.9 cm³/mol. The van der Waals surface area contributed by atoms with E-state index in [0.717, 1.165) is 6.42 Å². The summed E-state index contributed by atoms with van der Waals surface area (Å²) in [6.07, 6.45) is 3.17. The van der Waals surface area contributed by atoms with Crippen LogP contribution >= 0.6 is 0 Å². The summed E-state index contributed by atoms with van der Waals surface area (Å²) >= 11 is 0. The predicted octanol–water partition coefficient (Wildman–Crippen LogP) is 3.39. The molecular formula is C15H13OY-. The Morgan fingerprint density at radius 2 is 1.41 bits per heavy atom. The van der Waals surface area contributed by atoms with Gasteiger partial charge in [-0.1, -0.05) is 66.6 Å². The van der Waals surface area contributed by atoms with Gasteiger partial charge in [0.25, 0.3) is 0 Å². The Labute approximate surface area is 127 Å². The van der Waals surface area contributed by atoms with Crippen molar-refractivity contribution in [2.24, 2.45) is 0 Å². The van der Waals surface area contributed by atoms with E-state index in [2.05, 4.69) is 36.4 Å². The number of rotatable bonds is 4. The SMILES string of the molecule is O=[C-]CCc1ccc(-c2ccccc2)cc1.[Y]. The van der Waals surface area contributed by atoms with E-state index in [1.807, 2.05) is 24.5 Å². The molecule has 1 radical (unpaired) electrons. The minimum atomic E-state index is 0. The molecule has 0 N–H and O–H groups in total. The van der Waals surface area contributed by atoms with Crippen molar-refractivity contribution in [3.63, 3.8) is 0 Å². The molecule has 0 heterocycles. The maximum Gasteiger partial charge on any atom is 0 e. The molecule has 17 heavy (non-hydrogen) atoms. The minimum Gasteiger partial charge on any atom is -0.542 e. The van der Waals surface area contributed by atoms with E-state index in [9.17, 15) is 4.79 Å². The van der Waals surface area contributed by atoms with Gasteiger partial charge in [-0.25, -0.2) is 0 Å². The molecule has 2 heteroatoms. The summed E-state index contributed by atoms with van der Waals surface area (Å²) in [5.41, 5.74) is 3.61. The van der Waals surface area contributed by atoms with Crippen LogP contribution in [0.1, 0.15) is 12.0 Å². The maximum absolute atomic E-state index is 10.1. The third kappa shape index (κ3) is 4.18. The molecule has 0 bridgehead atoms. The van der Waals surface area contributed by atoms with Gasteiger partial charge >= 0.3 is 0 Å². The molecule has 0 fully saturated rings. The van der Waals surface area contributed by atoms with Gasteiger partial charge in [-0.05, 0) is 11.1 Å². The summed E-state index contributed by atoms with van der Waals surface area (Å²) < 4.78 is 0. The molecule has 2 aromatic carbocycles. The van der Waals surface area contributed by atoms with Gasteiger partial charge in [0.2, 0.25) is 0 Å². The second kappa shape index (κ2) is 7.52. The van der Waals surface area contributed by atoms with Crippen molar-refractivity contribution in [1.82, 2.24) is 0 Å². The van der Waals surface area contributed by atoms with E-state index in [4.69, 9.17) is 0 Å². The summed E-state index contributed by atoms with van der Waals surface area (Å²) in [4.78, 5) is 10.1. The average molecular weight is 298 g/mol. The first-order chi connectivity index (χ1) is 7.90. The van der Waals surface area contributed by atoms with Crippen LogP contribution in [0, 0.1) is 0 Å². The Kier molecular flexibility index (Phi) is 6.32. The van der Waals surface area contributed by atoms with Crippen LogP contribution in [0.15, 0.2) is 54.6 Å². The second-order valence-corrected chi connectivity index (χ2v) is 3.71. The zero-order valence-corrected chi connectivity index (χ0v) is 12.4. The summed E-state index contributed by atoms with van der Waals surface area (Å²) in [6, 6.07) is 18.6. The molecular weight excluding hydrogens is 285 g/mol. The molecule has 0 unspecified atom stereocenters. The van der Waals surface area contributed by atoms with Gasteiger partial charge in [0.15, 0.2) is 0 Å². The van der Waals surface area contributed by atoms with Crippen LogP contribution in [0.2, 0.25) is 0 Å². The molecule has 1 nitrogen and oxygen atoms in total. The first kappa shape index (κ1) is 14.3. The van der Waals surface area contributed by atoms with Crippen molar-refractivity contribution in [2.75, 3.05) is 0 Å². The van der Waals surface area contributed by atoms with Crippen LogP contribution in [0.3, 0.4) is 0 Å². The Hall–Kier alpha value is -0.786. The standard InChI is InChI=1S/C15H13O.Y/c16-12-4-5-13-8-10-15(11-9-13)14-6-2-1-3-7-14;/h1-3,6-11H,4-5H2;/q-1;. The number of aryl methyl sites for hydroxylation is 1. The van der Waals surface area contributed by atoms with E-state index >= 15 is 0 Å². The topological polar surface area (TPSA) is 17.1 Å². The molecule has 0 aromatic heterocycles. The minimum absolute atomic E-state index is 0. The zero-order chi connectivity index (χ0) is 11.2. The van der Waals surface area contributed by atoms with E-state index in [1.54, 1.807) is 0 Å². The summed E-state index contributed by atoms with van der Waals surface area (Å²) in [5, 5.41) is 0. The fraction of sp³-hybridized carbons (Fsp3) is 0.133. The Morgan fingerprint density at radius 3 is 2.00 bits per heavy atom. The van der Waals surface area contributed by atoms with Crippen LogP contribution in [0.4, 0.5) is 0 Å². The maximum atomic E-state index is 10.1. The Bertz CT molecular complexity index is 448. The van der Waals surface area contributed by atoms with Crippen LogP contribution < -0.4 is 0 Å². The van der Waals surface area contributed by atoms with Gasteiger partial charge < -0.3 is 4.79 Å². The van der Waals surface area contributed by atoms with Gasteiger partial charge in [-0.15, -0.1) is 6.42 Å². The van der Waals surface area contributed by atoms with Crippen molar-refractivity contribution in [3.05, 3.63) is 60.2 Å². The smallest absolute Gasteiger partial charge is 0 e. The fourth-order valence-corrected chi connectivity index (χ4v) is 1.69. The molecule has 0 saturated carbocycles. The number of carbonyl (C=O) groups excluding carboxylic acids is 1. The van der Waals surface area contributed by atoms with E-state index in [1.165, 1.54) is 16.7 Å². The molecule has 0 spiro atoms. The summed E-state index contributed by atoms with van der Waals surface area (Å²) in [5.74, 6) is 0. The molecule has 0 aliphatic heterocycles. The van der Waals surface area contributed by atoms with Gasteiger partial charge in [-0.2, -0.15) is 0 Å². The molecule has 2 aromatic rings. The number of benzene rings is 2. The largest absolute Gasteiger partial charge is 0.542 e. The van der Waals surface area contributed by atoms with Crippen molar-refractivity contribution in [3.8, 4) is 11.1 Å². The molecule has 0 amide bonds. The van der Waals surface area contributed by atoms with Crippen LogP contribution in [-0.2, 0) is 43.9 Å². The van der Waals surface area contributed by atoms with Gasteiger partial charge in [-0.3, -0.25) is 6.29 Å². The first-order valence-corrected chi connectivity index (χ1v) is 5.39. The molecule has 0 saturated heterocycles. The summed E-state index contributed by atoms with van der Waals surface area (Å²) in [6.45, 7) is 0. The quantitative estimate of drug-likeness (QED) is 0.791. The molecule has 83 valence electrons. The Morgan fingerprint density at radius 1 is 0.824 bits per heavy atom. The number of hydrogen-bond acceptors (Lipinski definition) is 1. The average Bonchev–Trinajstić information content (AvgIpc) is 2.38. The molecule has 2 rings (SSSR count). The van der Waals surface area contributed by atoms with Crippen molar-refractivity contribution < 1.29 is 37.5 Å². The second-order valence-electron chi connectivity index (χ2n) is 3.71. The fourth-order valence-electron chi connectivity index (χ4n) is 1.69. The van der Waals surface area contributed by atoms with Gasteiger partial charge in [0.1, 0.15) is 0 Å². The molecule has 0 atom stereocenters. The van der Waals surface area contributed by atoms with Crippen molar-refractivity contribution in [1.29, 1.82) is 0 Å².